The highest BCUT2D eigenvalue weighted by molar-refractivity contribution is 5.82. The summed E-state index contributed by atoms with van der Waals surface area (Å²) in [5.74, 6) is -2.23. The number of hydrogen-bond donors (Lipinski definition) is 3. The number of hydrogen-bond acceptors (Lipinski definition) is 9. The number of aliphatic hydroxyl groups is 2. The van der Waals surface area contributed by atoms with E-state index in [0.29, 0.717) is 13.0 Å². The SMILES string of the molecule is C=C1CC(OC)(C(O)C(=O)NC(OC)C2CC(O)C(C)(C)C(CC(COC)OC)O2)OC(C)C1C. The van der Waals surface area contributed by atoms with Crippen LogP contribution in [0.3, 0.4) is 0 Å². The van der Waals surface area contributed by atoms with Gasteiger partial charge >= 0.3 is 0 Å². The van der Waals surface area contributed by atoms with Crippen molar-refractivity contribution in [2.24, 2.45) is 11.3 Å². The molecule has 0 aliphatic carbocycles. The van der Waals surface area contributed by atoms with Crippen LogP contribution in [0.15, 0.2) is 12.2 Å². The lowest BCUT2D eigenvalue weighted by Crippen LogP contribution is -2.62. The van der Waals surface area contributed by atoms with Crippen LogP contribution in [0.1, 0.15) is 47.0 Å². The van der Waals surface area contributed by atoms with E-state index < -0.39 is 47.8 Å². The van der Waals surface area contributed by atoms with E-state index in [9.17, 15) is 15.0 Å². The van der Waals surface area contributed by atoms with E-state index in [0.717, 1.165) is 5.57 Å². The largest absolute Gasteiger partial charge is 0.392 e. The first-order valence-corrected chi connectivity index (χ1v) is 12.1. The van der Waals surface area contributed by atoms with Crippen LogP contribution in [0.5, 0.6) is 0 Å². The zero-order valence-corrected chi connectivity index (χ0v) is 22.4. The zero-order chi connectivity index (χ0) is 26.6. The summed E-state index contributed by atoms with van der Waals surface area (Å²) in [6.07, 6.45) is -3.97. The molecule has 1 amide bonds. The fourth-order valence-corrected chi connectivity index (χ4v) is 4.77. The van der Waals surface area contributed by atoms with E-state index in [1.165, 1.54) is 14.2 Å². The number of methoxy groups -OCH3 is 4. The summed E-state index contributed by atoms with van der Waals surface area (Å²) in [5.41, 5.74) is 0.264. The van der Waals surface area contributed by atoms with Crippen molar-refractivity contribution in [3.8, 4) is 0 Å². The van der Waals surface area contributed by atoms with Gasteiger partial charge in [-0.1, -0.05) is 32.9 Å². The molecule has 3 N–H and O–H groups in total. The zero-order valence-electron chi connectivity index (χ0n) is 22.4. The molecule has 0 aromatic heterocycles. The maximum Gasteiger partial charge on any atom is 0.256 e. The summed E-state index contributed by atoms with van der Waals surface area (Å²) in [7, 11) is 6.01. The average molecular weight is 504 g/mol. The Morgan fingerprint density at radius 2 is 1.89 bits per heavy atom. The van der Waals surface area contributed by atoms with Gasteiger partial charge in [0.25, 0.3) is 5.91 Å². The third kappa shape index (κ3) is 6.61. The molecule has 10 heteroatoms. The molecule has 2 fully saturated rings. The van der Waals surface area contributed by atoms with Gasteiger partial charge in [0.15, 0.2) is 12.3 Å². The van der Waals surface area contributed by atoms with Crippen LogP contribution < -0.4 is 5.32 Å². The molecule has 2 rings (SSSR count). The molecular formula is C25H45NO9. The fourth-order valence-electron chi connectivity index (χ4n) is 4.77. The summed E-state index contributed by atoms with van der Waals surface area (Å²) < 4.78 is 34.1. The standard InChI is InChI=1S/C25H45NO9/c1-14-12-25(33-9,35-16(3)15(14)2)21(28)22(29)26-23(32-8)18-11-19(27)24(4,5)20(34-18)10-17(31-7)13-30-6/h15-21,23,27-28H,1,10-13H2,2-9H3,(H,26,29). The lowest BCUT2D eigenvalue weighted by atomic mass is 9.74. The third-order valence-corrected chi connectivity index (χ3v) is 7.74. The Bertz CT molecular complexity index is 717. The van der Waals surface area contributed by atoms with Gasteiger partial charge in [-0.3, -0.25) is 4.79 Å². The predicted molar refractivity (Wildman–Crippen MR) is 129 cm³/mol. The van der Waals surface area contributed by atoms with E-state index >= 15 is 0 Å². The van der Waals surface area contributed by atoms with E-state index in [-0.39, 0.29) is 31.0 Å². The van der Waals surface area contributed by atoms with Gasteiger partial charge in [-0.2, -0.15) is 0 Å². The Labute approximate surface area is 209 Å². The van der Waals surface area contributed by atoms with E-state index in [1.807, 2.05) is 27.7 Å². The molecule has 0 bridgehead atoms. The van der Waals surface area contributed by atoms with Crippen LogP contribution in [-0.2, 0) is 33.2 Å². The second-order valence-corrected chi connectivity index (χ2v) is 10.3. The smallest absolute Gasteiger partial charge is 0.256 e. The van der Waals surface area contributed by atoms with Gasteiger partial charge in [0.05, 0.1) is 31.0 Å². The van der Waals surface area contributed by atoms with E-state index in [4.69, 9.17) is 28.4 Å². The van der Waals surface area contributed by atoms with Crippen LogP contribution in [0.2, 0.25) is 0 Å². The highest BCUT2D eigenvalue weighted by atomic mass is 16.7. The molecule has 2 saturated heterocycles. The summed E-state index contributed by atoms with van der Waals surface area (Å²) in [6.45, 7) is 12.1. The highest BCUT2D eigenvalue weighted by Gasteiger charge is 2.51. The number of carbonyl (C=O) groups is 1. The second-order valence-electron chi connectivity index (χ2n) is 10.3. The maximum absolute atomic E-state index is 13.1. The minimum atomic E-state index is -1.64. The molecule has 0 radical (unpaired) electrons. The Balaban J connectivity index is 2.16. The molecule has 0 saturated carbocycles. The Hall–Kier alpha value is -1.11. The number of nitrogens with one attached hydrogen (secondary N) is 1. The summed E-state index contributed by atoms with van der Waals surface area (Å²) in [4.78, 5) is 13.1. The van der Waals surface area contributed by atoms with Gasteiger partial charge in [0, 0.05) is 59.0 Å². The van der Waals surface area contributed by atoms with Crippen molar-refractivity contribution in [2.45, 2.75) is 95.6 Å². The minimum Gasteiger partial charge on any atom is -0.392 e. The summed E-state index contributed by atoms with van der Waals surface area (Å²) >= 11 is 0. The number of ether oxygens (including phenoxy) is 6. The van der Waals surface area contributed by atoms with Crippen molar-refractivity contribution in [3.05, 3.63) is 12.2 Å². The first-order chi connectivity index (χ1) is 16.4. The maximum atomic E-state index is 13.1. The number of rotatable bonds is 11. The van der Waals surface area contributed by atoms with Crippen LogP contribution in [0, 0.1) is 11.3 Å². The Morgan fingerprint density at radius 1 is 1.23 bits per heavy atom. The monoisotopic (exact) mass is 503 g/mol. The molecule has 204 valence electrons. The molecule has 0 aromatic rings. The molecule has 9 unspecified atom stereocenters. The van der Waals surface area contributed by atoms with Crippen molar-refractivity contribution in [1.29, 1.82) is 0 Å². The fraction of sp³-hybridized carbons (Fsp3) is 0.880. The number of amides is 1. The molecule has 0 aromatic carbocycles. The second kappa shape index (κ2) is 12.4. The quantitative estimate of drug-likeness (QED) is 0.283. The van der Waals surface area contributed by atoms with Crippen molar-refractivity contribution in [2.75, 3.05) is 35.0 Å². The van der Waals surface area contributed by atoms with Crippen LogP contribution in [0.25, 0.3) is 0 Å². The summed E-state index contributed by atoms with van der Waals surface area (Å²) in [6, 6.07) is 0. The van der Waals surface area contributed by atoms with E-state index in [2.05, 4.69) is 11.9 Å². The first kappa shape index (κ1) is 30.1. The lowest BCUT2D eigenvalue weighted by molar-refractivity contribution is -0.298. The highest BCUT2D eigenvalue weighted by Crippen LogP contribution is 2.41. The summed E-state index contributed by atoms with van der Waals surface area (Å²) in [5, 5.41) is 24.6. The third-order valence-electron chi connectivity index (χ3n) is 7.74. The van der Waals surface area contributed by atoms with Crippen molar-refractivity contribution in [3.63, 3.8) is 0 Å². The van der Waals surface area contributed by atoms with Gasteiger partial charge in [-0.25, -0.2) is 0 Å². The van der Waals surface area contributed by atoms with Gasteiger partial charge < -0.3 is 44.0 Å². The Kier molecular flexibility index (Phi) is 10.7. The first-order valence-electron chi connectivity index (χ1n) is 12.1. The molecule has 2 heterocycles. The minimum absolute atomic E-state index is 0.0618. The number of carbonyl (C=O) groups excluding carboxylic acids is 1. The van der Waals surface area contributed by atoms with E-state index in [1.54, 1.807) is 14.2 Å². The van der Waals surface area contributed by atoms with Crippen molar-refractivity contribution >= 4 is 5.91 Å². The molecular weight excluding hydrogens is 458 g/mol. The molecule has 2 aliphatic heterocycles. The molecule has 10 nitrogen and oxygen atoms in total. The molecule has 2 aliphatic rings. The molecule has 35 heavy (non-hydrogen) atoms. The average Bonchev–Trinajstić information content (AvgIpc) is 2.82. The lowest BCUT2D eigenvalue weighted by Gasteiger charge is -2.48. The van der Waals surface area contributed by atoms with Gasteiger partial charge in [0.2, 0.25) is 5.79 Å². The molecule has 0 spiro atoms. The van der Waals surface area contributed by atoms with Gasteiger partial charge in [0.1, 0.15) is 6.10 Å². The van der Waals surface area contributed by atoms with Crippen LogP contribution in [-0.4, -0.2) is 99.8 Å². The molecule has 9 atom stereocenters. The normalized spacial score (nSPS) is 35.8. The topological polar surface area (TPSA) is 125 Å². The van der Waals surface area contributed by atoms with Crippen molar-refractivity contribution in [1.82, 2.24) is 5.32 Å². The Morgan fingerprint density at radius 3 is 2.40 bits per heavy atom. The predicted octanol–water partition coefficient (Wildman–Crippen LogP) is 1.38. The van der Waals surface area contributed by atoms with Gasteiger partial charge in [-0.05, 0) is 6.92 Å². The van der Waals surface area contributed by atoms with Gasteiger partial charge in [-0.15, -0.1) is 0 Å². The van der Waals surface area contributed by atoms with Crippen molar-refractivity contribution < 1.29 is 43.4 Å². The van der Waals surface area contributed by atoms with Crippen LogP contribution >= 0.6 is 0 Å². The number of aliphatic hydroxyl groups excluding tert-OH is 2. The van der Waals surface area contributed by atoms with Crippen LogP contribution in [0.4, 0.5) is 0 Å².